The van der Waals surface area contributed by atoms with Crippen LogP contribution >= 0.6 is 0 Å². The number of para-hydroxylation sites is 2. The first kappa shape index (κ1) is 21.4. The molecular weight excluding hydrogens is 443 g/mol. The first-order chi connectivity index (χ1) is 16.3. The molecule has 0 radical (unpaired) electrons. The molecule has 170 valence electrons. The van der Waals surface area contributed by atoms with E-state index in [2.05, 4.69) is 15.3 Å². The average molecular weight is 461 g/mol. The summed E-state index contributed by atoms with van der Waals surface area (Å²) in [6.45, 7) is 0.246. The van der Waals surface area contributed by atoms with Gasteiger partial charge in [0, 0.05) is 12.2 Å². The highest BCUT2D eigenvalue weighted by Crippen LogP contribution is 2.34. The summed E-state index contributed by atoms with van der Waals surface area (Å²) >= 11 is 0. The van der Waals surface area contributed by atoms with E-state index in [1.54, 1.807) is 24.3 Å². The summed E-state index contributed by atoms with van der Waals surface area (Å²) < 4.78 is 41.4. The second kappa shape index (κ2) is 8.18. The number of benzene rings is 3. The molecule has 3 N–H and O–H groups in total. The van der Waals surface area contributed by atoms with Crippen molar-refractivity contribution in [1.29, 1.82) is 0 Å². The maximum atomic E-state index is 13.4. The molecule has 0 saturated heterocycles. The van der Waals surface area contributed by atoms with Gasteiger partial charge in [0.15, 0.2) is 5.65 Å². The Bertz CT molecular complexity index is 1530. The Balaban J connectivity index is 1.69. The maximum Gasteiger partial charge on any atom is 0.416 e. The van der Waals surface area contributed by atoms with Crippen LogP contribution in [0.4, 0.5) is 19.0 Å². The minimum atomic E-state index is -4.54. The van der Waals surface area contributed by atoms with Gasteiger partial charge in [-0.3, -0.25) is 9.36 Å². The number of carbonyl (C=O) groups excluding carboxylic acids is 1. The molecule has 0 fully saturated rings. The largest absolute Gasteiger partial charge is 0.416 e. The monoisotopic (exact) mass is 461 g/mol. The molecule has 0 aliphatic heterocycles. The lowest BCUT2D eigenvalue weighted by Gasteiger charge is -2.12. The lowest BCUT2D eigenvalue weighted by molar-refractivity contribution is -0.137. The molecule has 0 aliphatic rings. The lowest BCUT2D eigenvalue weighted by Crippen LogP contribution is -2.24. The number of nitrogens with one attached hydrogen (secondary N) is 1. The molecule has 0 saturated carbocycles. The fourth-order valence-corrected chi connectivity index (χ4v) is 3.83. The van der Waals surface area contributed by atoms with Crippen molar-refractivity contribution < 1.29 is 18.0 Å². The van der Waals surface area contributed by atoms with Crippen molar-refractivity contribution in [2.45, 2.75) is 12.7 Å². The van der Waals surface area contributed by atoms with Gasteiger partial charge >= 0.3 is 6.18 Å². The molecule has 3 aromatic carbocycles. The minimum absolute atomic E-state index is 0.0461. The van der Waals surface area contributed by atoms with Gasteiger partial charge < -0.3 is 11.1 Å². The molecule has 2 heterocycles. The zero-order chi connectivity index (χ0) is 23.9. The fourth-order valence-electron chi connectivity index (χ4n) is 3.83. The smallest absolute Gasteiger partial charge is 0.384 e. The number of carbonyl (C=O) groups is 1. The number of nitrogens with two attached hydrogens (primary N) is 1. The Morgan fingerprint density at radius 2 is 1.59 bits per heavy atom. The fraction of sp³-hybridized carbons (Fsp3) is 0.0800. The summed E-state index contributed by atoms with van der Waals surface area (Å²) in [7, 11) is 0. The van der Waals surface area contributed by atoms with E-state index < -0.39 is 17.6 Å². The summed E-state index contributed by atoms with van der Waals surface area (Å²) in [6.07, 6.45) is -4.54. The number of hydrogen-bond donors (Lipinski definition) is 2. The molecule has 0 spiro atoms. The number of rotatable bonds is 4. The van der Waals surface area contributed by atoms with E-state index in [9.17, 15) is 18.0 Å². The van der Waals surface area contributed by atoms with Crippen molar-refractivity contribution in [3.05, 3.63) is 95.6 Å². The third-order valence-corrected chi connectivity index (χ3v) is 5.45. The minimum Gasteiger partial charge on any atom is -0.384 e. The molecule has 9 heteroatoms. The Morgan fingerprint density at radius 3 is 2.29 bits per heavy atom. The Labute approximate surface area is 191 Å². The summed E-state index contributed by atoms with van der Waals surface area (Å²) in [5.74, 6) is -0.545. The second-order valence-corrected chi connectivity index (χ2v) is 7.70. The number of hydrogen-bond acceptors (Lipinski definition) is 4. The number of nitrogens with zero attached hydrogens (tertiary/aromatic N) is 3. The zero-order valence-electron chi connectivity index (χ0n) is 17.7. The quantitative estimate of drug-likeness (QED) is 0.390. The summed E-state index contributed by atoms with van der Waals surface area (Å²) in [4.78, 5) is 22.4. The van der Waals surface area contributed by atoms with Gasteiger partial charge in [0.2, 0.25) is 0 Å². The van der Waals surface area contributed by atoms with Crippen molar-refractivity contribution in [2.75, 3.05) is 5.73 Å². The Hall–Kier alpha value is -4.40. The molecule has 2 aromatic heterocycles. The number of amides is 1. The highest BCUT2D eigenvalue weighted by atomic mass is 19.4. The van der Waals surface area contributed by atoms with Gasteiger partial charge in [-0.25, -0.2) is 9.97 Å². The second-order valence-electron chi connectivity index (χ2n) is 7.70. The van der Waals surface area contributed by atoms with E-state index >= 15 is 0 Å². The molecular formula is C25H18F3N5O. The van der Waals surface area contributed by atoms with Crippen LogP contribution in [-0.2, 0) is 12.7 Å². The number of nitrogen functional groups attached to an aromatic ring is 1. The zero-order valence-corrected chi connectivity index (χ0v) is 17.7. The van der Waals surface area contributed by atoms with Crippen LogP contribution in [-0.4, -0.2) is 20.4 Å². The van der Waals surface area contributed by atoms with Crippen LogP contribution in [0, 0.1) is 0 Å². The summed E-state index contributed by atoms with van der Waals surface area (Å²) in [5, 5.41) is 2.82. The van der Waals surface area contributed by atoms with Crippen LogP contribution in [0.2, 0.25) is 0 Å². The summed E-state index contributed by atoms with van der Waals surface area (Å²) in [6, 6.07) is 21.0. The van der Waals surface area contributed by atoms with Gasteiger partial charge in [-0.05, 0) is 35.9 Å². The van der Waals surface area contributed by atoms with Gasteiger partial charge in [-0.1, -0.05) is 48.5 Å². The predicted molar refractivity (Wildman–Crippen MR) is 123 cm³/mol. The molecule has 34 heavy (non-hydrogen) atoms. The van der Waals surface area contributed by atoms with Crippen molar-refractivity contribution in [3.8, 4) is 5.69 Å². The van der Waals surface area contributed by atoms with Crippen molar-refractivity contribution in [2.24, 2.45) is 0 Å². The standard InChI is InChI=1S/C25H18F3N5O/c26-25(27,28)16-9-6-10-17(13-16)33-22(29)20(24(34)30-14-15-7-2-1-3-8-15)21-23(33)32-19-12-5-4-11-18(19)31-21/h1-13H,14,29H2,(H,30,34). The molecule has 0 unspecified atom stereocenters. The van der Waals surface area contributed by atoms with Gasteiger partial charge in [0.1, 0.15) is 16.9 Å². The van der Waals surface area contributed by atoms with Crippen LogP contribution in [0.15, 0.2) is 78.9 Å². The number of alkyl halides is 3. The number of halogens is 3. The van der Waals surface area contributed by atoms with Gasteiger partial charge in [0.05, 0.1) is 16.6 Å². The van der Waals surface area contributed by atoms with E-state index in [1.165, 1.54) is 16.7 Å². The molecule has 0 atom stereocenters. The van der Waals surface area contributed by atoms with Crippen LogP contribution in [0.1, 0.15) is 21.5 Å². The van der Waals surface area contributed by atoms with Gasteiger partial charge in [0.25, 0.3) is 5.91 Å². The average Bonchev–Trinajstić information content (AvgIpc) is 3.12. The third-order valence-electron chi connectivity index (χ3n) is 5.45. The molecule has 1 amide bonds. The third kappa shape index (κ3) is 3.81. The van der Waals surface area contributed by atoms with Crippen LogP contribution in [0.3, 0.4) is 0 Å². The number of aromatic nitrogens is 3. The highest BCUT2D eigenvalue weighted by molar-refractivity contribution is 6.11. The highest BCUT2D eigenvalue weighted by Gasteiger charge is 2.31. The Morgan fingerprint density at radius 1 is 0.912 bits per heavy atom. The SMILES string of the molecule is Nc1c(C(=O)NCc2ccccc2)c2nc3ccccc3nc2n1-c1cccc(C(F)(F)F)c1. The van der Waals surface area contributed by atoms with Crippen molar-refractivity contribution >= 4 is 33.9 Å². The first-order valence-corrected chi connectivity index (χ1v) is 10.4. The normalized spacial score (nSPS) is 11.7. The predicted octanol–water partition coefficient (Wildman–Crippen LogP) is 5.10. The van der Waals surface area contributed by atoms with E-state index in [0.29, 0.717) is 11.0 Å². The topological polar surface area (TPSA) is 85.8 Å². The van der Waals surface area contributed by atoms with Crippen molar-refractivity contribution in [1.82, 2.24) is 19.9 Å². The Kier molecular flexibility index (Phi) is 5.16. The van der Waals surface area contributed by atoms with E-state index in [1.807, 2.05) is 30.3 Å². The van der Waals surface area contributed by atoms with E-state index in [0.717, 1.165) is 17.7 Å². The van der Waals surface area contributed by atoms with Crippen LogP contribution in [0.5, 0.6) is 0 Å². The maximum absolute atomic E-state index is 13.4. The lowest BCUT2D eigenvalue weighted by atomic mass is 10.2. The van der Waals surface area contributed by atoms with E-state index in [4.69, 9.17) is 5.73 Å². The van der Waals surface area contributed by atoms with Gasteiger partial charge in [-0.15, -0.1) is 0 Å². The molecule has 5 aromatic rings. The first-order valence-electron chi connectivity index (χ1n) is 10.4. The number of fused-ring (bicyclic) bond motifs is 2. The molecule has 0 aliphatic carbocycles. The van der Waals surface area contributed by atoms with E-state index in [-0.39, 0.29) is 34.8 Å². The number of anilines is 1. The van der Waals surface area contributed by atoms with Crippen molar-refractivity contribution in [3.63, 3.8) is 0 Å². The van der Waals surface area contributed by atoms with Gasteiger partial charge in [-0.2, -0.15) is 13.2 Å². The van der Waals surface area contributed by atoms with Crippen LogP contribution in [0.25, 0.3) is 27.9 Å². The molecule has 0 bridgehead atoms. The van der Waals surface area contributed by atoms with Crippen LogP contribution < -0.4 is 11.1 Å². The molecule has 5 rings (SSSR count). The summed E-state index contributed by atoms with van der Waals surface area (Å²) in [5.41, 5.74) is 8.07. The molecule has 6 nitrogen and oxygen atoms in total.